The molecule has 0 spiro atoms. The van der Waals surface area contributed by atoms with Crippen LogP contribution in [0.5, 0.6) is 5.75 Å². The van der Waals surface area contributed by atoms with E-state index in [0.717, 1.165) is 51.5 Å². The van der Waals surface area contributed by atoms with Gasteiger partial charge in [0.05, 0.1) is 19.0 Å². The first kappa shape index (κ1) is 20.4. The Morgan fingerprint density at radius 3 is 2.34 bits per heavy atom. The van der Waals surface area contributed by atoms with E-state index >= 15 is 0 Å². The largest absolute Gasteiger partial charge is 0.489 e. The molecule has 29 heavy (non-hydrogen) atoms. The van der Waals surface area contributed by atoms with Gasteiger partial charge in [-0.2, -0.15) is 0 Å². The van der Waals surface area contributed by atoms with E-state index in [4.69, 9.17) is 10.5 Å². The van der Waals surface area contributed by atoms with Crippen LogP contribution >= 0.6 is 0 Å². The monoisotopic (exact) mass is 402 g/mol. The Bertz CT molecular complexity index is 750. The number of benzene rings is 1. The summed E-state index contributed by atoms with van der Waals surface area (Å²) < 4.78 is 18.2. The highest BCUT2D eigenvalue weighted by Gasteiger charge is 2.55. The van der Waals surface area contributed by atoms with Crippen LogP contribution < -0.4 is 10.5 Å². The third-order valence-electron chi connectivity index (χ3n) is 7.62. The van der Waals surface area contributed by atoms with E-state index in [0.29, 0.717) is 17.7 Å². The summed E-state index contributed by atoms with van der Waals surface area (Å²) in [7, 11) is 0. The number of nitrogens with zero attached hydrogens (tertiary/aromatic N) is 1. The number of amides is 1. The third kappa shape index (κ3) is 3.57. The Morgan fingerprint density at radius 2 is 1.86 bits per heavy atom. The summed E-state index contributed by atoms with van der Waals surface area (Å²) in [5, 5.41) is 9.45. The molecule has 1 heterocycles. The minimum atomic E-state index is -0.212. The molecule has 1 aliphatic heterocycles. The first-order valence-corrected chi connectivity index (χ1v) is 10.7. The molecule has 1 aromatic carbocycles. The molecule has 5 nitrogen and oxygen atoms in total. The second-order valence-corrected chi connectivity index (χ2v) is 8.97. The number of likely N-dealkylation sites (tertiary alicyclic amines) is 1. The highest BCUT2D eigenvalue weighted by atomic mass is 19.1. The quantitative estimate of drug-likeness (QED) is 0.735. The van der Waals surface area contributed by atoms with Gasteiger partial charge in [0.2, 0.25) is 5.91 Å². The molecule has 1 atom stereocenters. The van der Waals surface area contributed by atoms with Crippen molar-refractivity contribution in [2.45, 2.75) is 56.4 Å². The summed E-state index contributed by atoms with van der Waals surface area (Å²) in [6, 6.07) is 8.17. The zero-order valence-electron chi connectivity index (χ0n) is 16.9. The van der Waals surface area contributed by atoms with E-state index in [2.05, 4.69) is 12.1 Å². The predicted molar refractivity (Wildman–Crippen MR) is 109 cm³/mol. The van der Waals surface area contributed by atoms with Gasteiger partial charge in [-0.3, -0.25) is 4.79 Å². The number of nitrogens with two attached hydrogens (primary N) is 1. The second kappa shape index (κ2) is 8.07. The fourth-order valence-corrected chi connectivity index (χ4v) is 5.36. The second-order valence-electron chi connectivity index (χ2n) is 8.97. The van der Waals surface area contributed by atoms with Crippen LogP contribution in [0.15, 0.2) is 36.2 Å². The summed E-state index contributed by atoms with van der Waals surface area (Å²) in [6.45, 7) is 1.18. The lowest BCUT2D eigenvalue weighted by molar-refractivity contribution is -0.159. The SMILES string of the molecule is NCC(=CF)COc1ccc(C23CCC(C(=O)N4CCC4CO)(CC2)CC3)cc1. The average molecular weight is 403 g/mol. The molecule has 4 fully saturated rings. The van der Waals surface area contributed by atoms with Crippen molar-refractivity contribution in [2.24, 2.45) is 11.1 Å². The van der Waals surface area contributed by atoms with Crippen molar-refractivity contribution in [2.75, 3.05) is 26.3 Å². The Labute approximate surface area is 171 Å². The molecule has 1 saturated heterocycles. The molecule has 2 bridgehead atoms. The van der Waals surface area contributed by atoms with Crippen LogP contribution in [0.25, 0.3) is 0 Å². The van der Waals surface area contributed by atoms with Crippen molar-refractivity contribution < 1.29 is 19.0 Å². The van der Waals surface area contributed by atoms with Gasteiger partial charge in [-0.05, 0) is 68.1 Å². The fraction of sp³-hybridized carbons (Fsp3) is 0.609. The first-order chi connectivity index (χ1) is 14.1. The van der Waals surface area contributed by atoms with Crippen molar-refractivity contribution >= 4 is 5.91 Å². The number of hydrogen-bond donors (Lipinski definition) is 2. The maximum Gasteiger partial charge on any atom is 0.229 e. The topological polar surface area (TPSA) is 75.8 Å². The van der Waals surface area contributed by atoms with E-state index in [1.165, 1.54) is 5.56 Å². The molecule has 5 rings (SSSR count). The Morgan fingerprint density at radius 1 is 1.21 bits per heavy atom. The Balaban J connectivity index is 1.40. The van der Waals surface area contributed by atoms with Crippen LogP contribution in [-0.2, 0) is 10.2 Å². The lowest BCUT2D eigenvalue weighted by Crippen LogP contribution is -2.60. The number of fused-ring (bicyclic) bond motifs is 3. The number of aliphatic hydroxyl groups excluding tert-OH is 1. The molecule has 1 amide bonds. The summed E-state index contributed by atoms with van der Waals surface area (Å²) in [5.74, 6) is 0.985. The van der Waals surface area contributed by atoms with Gasteiger partial charge >= 0.3 is 0 Å². The van der Waals surface area contributed by atoms with E-state index in [1.807, 2.05) is 17.0 Å². The van der Waals surface area contributed by atoms with Crippen molar-refractivity contribution in [1.29, 1.82) is 0 Å². The number of rotatable bonds is 7. The van der Waals surface area contributed by atoms with Crippen LogP contribution in [0.4, 0.5) is 4.39 Å². The van der Waals surface area contributed by atoms with Crippen LogP contribution in [0, 0.1) is 5.41 Å². The van der Waals surface area contributed by atoms with Gasteiger partial charge in [-0.1, -0.05) is 12.1 Å². The molecule has 3 N–H and O–H groups in total. The molecule has 4 aliphatic rings. The van der Waals surface area contributed by atoms with Crippen LogP contribution in [0.2, 0.25) is 0 Å². The number of hydrogen-bond acceptors (Lipinski definition) is 4. The fourth-order valence-electron chi connectivity index (χ4n) is 5.36. The molecule has 0 radical (unpaired) electrons. The predicted octanol–water partition coefficient (Wildman–Crippen LogP) is 3.06. The lowest BCUT2D eigenvalue weighted by Gasteiger charge is -2.55. The average Bonchev–Trinajstić information content (AvgIpc) is 2.76. The summed E-state index contributed by atoms with van der Waals surface area (Å²) in [4.78, 5) is 15.1. The van der Waals surface area contributed by atoms with Gasteiger partial charge < -0.3 is 20.5 Å². The van der Waals surface area contributed by atoms with Gasteiger partial charge in [0.25, 0.3) is 0 Å². The molecule has 3 aliphatic carbocycles. The molecule has 1 unspecified atom stereocenters. The van der Waals surface area contributed by atoms with Crippen molar-refractivity contribution in [1.82, 2.24) is 4.90 Å². The third-order valence-corrected chi connectivity index (χ3v) is 7.62. The zero-order valence-corrected chi connectivity index (χ0v) is 16.9. The molecular formula is C23H31FN2O3. The molecular weight excluding hydrogens is 371 g/mol. The Hall–Kier alpha value is -1.92. The van der Waals surface area contributed by atoms with Gasteiger partial charge in [0.15, 0.2) is 0 Å². The van der Waals surface area contributed by atoms with Gasteiger partial charge in [0.1, 0.15) is 12.4 Å². The molecule has 6 heteroatoms. The van der Waals surface area contributed by atoms with Crippen molar-refractivity contribution in [3.05, 3.63) is 41.7 Å². The van der Waals surface area contributed by atoms with Gasteiger partial charge in [0, 0.05) is 24.1 Å². The highest BCUT2D eigenvalue weighted by Crippen LogP contribution is 2.58. The van der Waals surface area contributed by atoms with Gasteiger partial charge in [-0.15, -0.1) is 0 Å². The summed E-state index contributed by atoms with van der Waals surface area (Å²) in [5.41, 5.74) is 7.13. The first-order valence-electron chi connectivity index (χ1n) is 10.7. The Kier molecular flexibility index (Phi) is 5.67. The normalized spacial score (nSPS) is 31.5. The number of halogens is 1. The molecule has 0 aromatic heterocycles. The minimum Gasteiger partial charge on any atom is -0.489 e. The summed E-state index contributed by atoms with van der Waals surface area (Å²) in [6.07, 6.45) is 7.30. The number of ether oxygens (including phenoxy) is 1. The van der Waals surface area contributed by atoms with Crippen molar-refractivity contribution in [3.8, 4) is 5.75 Å². The van der Waals surface area contributed by atoms with E-state index in [1.54, 1.807) is 0 Å². The van der Waals surface area contributed by atoms with E-state index in [-0.39, 0.29) is 42.5 Å². The van der Waals surface area contributed by atoms with Gasteiger partial charge in [-0.25, -0.2) is 4.39 Å². The number of aliphatic hydroxyl groups is 1. The smallest absolute Gasteiger partial charge is 0.229 e. The van der Waals surface area contributed by atoms with Crippen LogP contribution in [-0.4, -0.2) is 48.3 Å². The number of carbonyl (C=O) groups excluding carboxylic acids is 1. The van der Waals surface area contributed by atoms with Crippen molar-refractivity contribution in [3.63, 3.8) is 0 Å². The van der Waals surface area contributed by atoms with Crippen LogP contribution in [0.3, 0.4) is 0 Å². The summed E-state index contributed by atoms with van der Waals surface area (Å²) >= 11 is 0. The standard InChI is InChI=1S/C23H31FN2O3/c24-13-17(14-25)16-29-20-3-1-18(2-4-20)22-6-9-23(10-7-22,11-8-22)21(28)26-12-5-19(26)15-27/h1-4,13,19,27H,5-12,14-16,25H2. The zero-order chi connectivity index (χ0) is 20.5. The number of carbonyl (C=O) groups is 1. The maximum absolute atomic E-state index is 13.1. The minimum absolute atomic E-state index is 0.0325. The molecule has 3 saturated carbocycles. The van der Waals surface area contributed by atoms with E-state index < -0.39 is 0 Å². The molecule has 158 valence electrons. The highest BCUT2D eigenvalue weighted by molar-refractivity contribution is 5.84. The van der Waals surface area contributed by atoms with E-state index in [9.17, 15) is 14.3 Å². The van der Waals surface area contributed by atoms with Crippen LogP contribution in [0.1, 0.15) is 50.5 Å². The maximum atomic E-state index is 13.1. The lowest BCUT2D eigenvalue weighted by atomic mass is 9.51. The molecule has 1 aromatic rings.